The summed E-state index contributed by atoms with van der Waals surface area (Å²) in [6, 6.07) is 6.01. The van der Waals surface area contributed by atoms with E-state index in [2.05, 4.69) is 10.3 Å². The van der Waals surface area contributed by atoms with Gasteiger partial charge in [-0.25, -0.2) is 0 Å². The van der Waals surface area contributed by atoms with Crippen molar-refractivity contribution in [1.29, 1.82) is 0 Å². The number of hydrogen-bond acceptors (Lipinski definition) is 3. The van der Waals surface area contributed by atoms with Gasteiger partial charge in [0.1, 0.15) is 5.69 Å². The molecule has 3 N–H and O–H groups in total. The Balaban J connectivity index is 2.50. The minimum atomic E-state index is -1.73. The number of hydrogen-bond donors (Lipinski definition) is 2. The van der Waals surface area contributed by atoms with E-state index in [0.717, 1.165) is 0 Å². The summed E-state index contributed by atoms with van der Waals surface area (Å²) in [5, 5.41) is 2.20. The van der Waals surface area contributed by atoms with Gasteiger partial charge in [0.15, 0.2) is 0 Å². The fourth-order valence-electron chi connectivity index (χ4n) is 1.34. The molecule has 0 fully saturated rings. The molecule has 0 spiro atoms. The van der Waals surface area contributed by atoms with Gasteiger partial charge < -0.3 is 11.1 Å². The fourth-order valence-corrected chi connectivity index (χ4v) is 1.34. The molecule has 1 heterocycles. The van der Waals surface area contributed by atoms with Crippen LogP contribution in [-0.4, -0.2) is 4.98 Å². The topological polar surface area (TPSA) is 50.9 Å². The number of nitrogens with one attached hydrogen (secondary N) is 1. The van der Waals surface area contributed by atoms with Crippen molar-refractivity contribution in [3.63, 3.8) is 0 Å². The summed E-state index contributed by atoms with van der Waals surface area (Å²) < 4.78 is 52.3. The number of halogens is 4. The van der Waals surface area contributed by atoms with Crippen LogP contribution in [0.3, 0.4) is 0 Å². The number of para-hydroxylation sites is 2. The van der Waals surface area contributed by atoms with Crippen LogP contribution < -0.4 is 11.1 Å². The van der Waals surface area contributed by atoms with Crippen molar-refractivity contribution in [1.82, 2.24) is 4.98 Å². The van der Waals surface area contributed by atoms with Crippen molar-refractivity contribution < 1.29 is 17.6 Å². The quantitative estimate of drug-likeness (QED) is 0.494. The lowest BCUT2D eigenvalue weighted by atomic mass is 10.2. The average molecular weight is 257 g/mol. The molecule has 2 rings (SSSR count). The Bertz CT molecular complexity index is 575. The number of benzene rings is 1. The lowest BCUT2D eigenvalue weighted by molar-refractivity contribution is 0.411. The number of rotatable bonds is 2. The van der Waals surface area contributed by atoms with Crippen molar-refractivity contribution in [2.75, 3.05) is 11.1 Å². The average Bonchev–Trinajstić information content (AvgIpc) is 2.34. The van der Waals surface area contributed by atoms with Crippen LogP contribution in [0.5, 0.6) is 0 Å². The van der Waals surface area contributed by atoms with Crippen LogP contribution >= 0.6 is 0 Å². The summed E-state index contributed by atoms with van der Waals surface area (Å²) >= 11 is 0. The van der Waals surface area contributed by atoms with E-state index >= 15 is 0 Å². The Morgan fingerprint density at radius 2 is 1.50 bits per heavy atom. The predicted octanol–water partition coefficient (Wildman–Crippen LogP) is 2.96. The second-order valence-electron chi connectivity index (χ2n) is 3.41. The first-order valence-electron chi connectivity index (χ1n) is 4.82. The first-order chi connectivity index (χ1) is 8.50. The van der Waals surface area contributed by atoms with E-state index in [4.69, 9.17) is 5.73 Å². The Morgan fingerprint density at radius 3 is 2.06 bits per heavy atom. The summed E-state index contributed by atoms with van der Waals surface area (Å²) in [4.78, 5) is 2.44. The smallest absolute Gasteiger partial charge is 0.253 e. The highest BCUT2D eigenvalue weighted by Crippen LogP contribution is 2.28. The Kier molecular flexibility index (Phi) is 3.05. The zero-order valence-corrected chi connectivity index (χ0v) is 8.85. The van der Waals surface area contributed by atoms with Gasteiger partial charge in [0.25, 0.3) is 11.9 Å². The molecular formula is C11H7F4N3. The highest BCUT2D eigenvalue weighted by Gasteiger charge is 2.21. The number of nitrogens with zero attached hydrogens (tertiary/aromatic N) is 1. The summed E-state index contributed by atoms with van der Waals surface area (Å²) in [6.07, 6.45) is 0. The van der Waals surface area contributed by atoms with Crippen LogP contribution in [0.2, 0.25) is 0 Å². The summed E-state index contributed by atoms with van der Waals surface area (Å²) in [5.74, 6) is -6.69. The molecule has 94 valence electrons. The number of nitrogens with two attached hydrogens (primary N) is 1. The van der Waals surface area contributed by atoms with E-state index in [-0.39, 0.29) is 11.4 Å². The first kappa shape index (κ1) is 12.2. The van der Waals surface area contributed by atoms with Gasteiger partial charge in [0.2, 0.25) is 11.6 Å². The standard InChI is InChI=1S/C11H7F4N3/c12-7-9(8(13)11(15)18-10(7)14)17-6-4-2-1-3-5(6)16/h1-4H,16H2,(H,17,18). The molecule has 1 aromatic heterocycles. The van der Waals surface area contributed by atoms with Gasteiger partial charge in [-0.05, 0) is 12.1 Å². The molecule has 0 amide bonds. The minimum Gasteiger partial charge on any atom is -0.397 e. The lowest BCUT2D eigenvalue weighted by Gasteiger charge is -2.11. The minimum absolute atomic E-state index is 0.125. The van der Waals surface area contributed by atoms with Crippen molar-refractivity contribution in [2.24, 2.45) is 0 Å². The van der Waals surface area contributed by atoms with Crippen molar-refractivity contribution in [3.05, 3.63) is 47.8 Å². The third kappa shape index (κ3) is 2.06. The van der Waals surface area contributed by atoms with Gasteiger partial charge in [-0.3, -0.25) is 0 Å². The normalized spacial score (nSPS) is 10.4. The Morgan fingerprint density at radius 1 is 0.944 bits per heavy atom. The zero-order chi connectivity index (χ0) is 13.3. The molecule has 7 heteroatoms. The molecule has 0 bridgehead atoms. The van der Waals surface area contributed by atoms with Crippen LogP contribution in [0, 0.1) is 23.5 Å². The van der Waals surface area contributed by atoms with E-state index in [1.807, 2.05) is 0 Å². The molecule has 18 heavy (non-hydrogen) atoms. The number of aromatic nitrogens is 1. The SMILES string of the molecule is Nc1ccccc1Nc1c(F)c(F)nc(F)c1F. The molecule has 2 aromatic rings. The van der Waals surface area contributed by atoms with Gasteiger partial charge in [-0.1, -0.05) is 12.1 Å². The third-order valence-corrected chi connectivity index (χ3v) is 2.22. The molecule has 0 saturated carbocycles. The Labute approximate surface area is 99.3 Å². The van der Waals surface area contributed by atoms with Crippen LogP contribution in [0.15, 0.2) is 24.3 Å². The summed E-state index contributed by atoms with van der Waals surface area (Å²) in [7, 11) is 0. The highest BCUT2D eigenvalue weighted by atomic mass is 19.2. The van der Waals surface area contributed by atoms with E-state index < -0.39 is 29.2 Å². The van der Waals surface area contributed by atoms with Crippen molar-refractivity contribution >= 4 is 17.1 Å². The van der Waals surface area contributed by atoms with Gasteiger partial charge >= 0.3 is 0 Å². The molecule has 0 aliphatic carbocycles. The zero-order valence-electron chi connectivity index (χ0n) is 8.85. The molecule has 0 saturated heterocycles. The number of pyridine rings is 1. The monoisotopic (exact) mass is 257 g/mol. The van der Waals surface area contributed by atoms with Gasteiger partial charge in [-0.2, -0.15) is 22.5 Å². The van der Waals surface area contributed by atoms with Crippen molar-refractivity contribution in [2.45, 2.75) is 0 Å². The van der Waals surface area contributed by atoms with E-state index in [9.17, 15) is 17.6 Å². The van der Waals surface area contributed by atoms with Crippen LogP contribution in [-0.2, 0) is 0 Å². The van der Waals surface area contributed by atoms with Crippen LogP contribution in [0.1, 0.15) is 0 Å². The van der Waals surface area contributed by atoms with Crippen LogP contribution in [0.4, 0.5) is 34.6 Å². The van der Waals surface area contributed by atoms with Crippen LogP contribution in [0.25, 0.3) is 0 Å². The summed E-state index contributed by atoms with van der Waals surface area (Å²) in [5.41, 5.74) is 4.86. The van der Waals surface area contributed by atoms with Gasteiger partial charge in [0.05, 0.1) is 11.4 Å². The lowest BCUT2D eigenvalue weighted by Crippen LogP contribution is -2.07. The second-order valence-corrected chi connectivity index (χ2v) is 3.41. The second kappa shape index (κ2) is 4.52. The van der Waals surface area contributed by atoms with Gasteiger partial charge in [0, 0.05) is 0 Å². The molecule has 0 unspecified atom stereocenters. The maximum absolute atomic E-state index is 13.3. The molecule has 3 nitrogen and oxygen atoms in total. The van der Waals surface area contributed by atoms with Crippen molar-refractivity contribution in [3.8, 4) is 0 Å². The number of nitrogen functional groups attached to an aromatic ring is 1. The predicted molar refractivity (Wildman–Crippen MR) is 58.2 cm³/mol. The fraction of sp³-hybridized carbons (Fsp3) is 0. The summed E-state index contributed by atoms with van der Waals surface area (Å²) in [6.45, 7) is 0. The molecule has 1 aromatic carbocycles. The molecular weight excluding hydrogens is 250 g/mol. The van der Waals surface area contributed by atoms with E-state index in [1.165, 1.54) is 12.1 Å². The molecule has 0 aliphatic heterocycles. The highest BCUT2D eigenvalue weighted by molar-refractivity contribution is 5.72. The Hall–Kier alpha value is -2.31. The molecule has 0 radical (unpaired) electrons. The maximum atomic E-state index is 13.3. The number of anilines is 3. The third-order valence-electron chi connectivity index (χ3n) is 2.22. The van der Waals surface area contributed by atoms with E-state index in [0.29, 0.717) is 0 Å². The molecule has 0 aliphatic rings. The largest absolute Gasteiger partial charge is 0.397 e. The van der Waals surface area contributed by atoms with Gasteiger partial charge in [-0.15, -0.1) is 0 Å². The molecule has 0 atom stereocenters. The van der Waals surface area contributed by atoms with E-state index in [1.54, 1.807) is 12.1 Å². The maximum Gasteiger partial charge on any atom is 0.253 e. The first-order valence-corrected chi connectivity index (χ1v) is 4.82.